The summed E-state index contributed by atoms with van der Waals surface area (Å²) in [5.74, 6) is -0.00576. The first-order valence-electron chi connectivity index (χ1n) is 6.79. The first kappa shape index (κ1) is 15.6. The van der Waals surface area contributed by atoms with Crippen LogP contribution < -0.4 is 15.8 Å². The average Bonchev–Trinajstić information content (AvgIpc) is 3.00. The Morgan fingerprint density at radius 2 is 2.00 bits per heavy atom. The minimum absolute atomic E-state index is 0.00576. The lowest BCUT2D eigenvalue weighted by Gasteiger charge is -2.17. The second-order valence-electron chi connectivity index (χ2n) is 4.90. The van der Waals surface area contributed by atoms with Gasteiger partial charge in [0, 0.05) is 13.1 Å². The number of likely N-dealkylation sites (tertiary alicyclic amines) is 1. The molecule has 0 spiro atoms. The van der Waals surface area contributed by atoms with Crippen LogP contribution >= 0.6 is 0 Å². The summed E-state index contributed by atoms with van der Waals surface area (Å²) in [6.45, 7) is 1.67. The molecule has 4 N–H and O–H groups in total. The molecule has 0 radical (unpaired) electrons. The molecule has 1 aromatic rings. The maximum Gasteiger partial charge on any atom is 0.241 e. The van der Waals surface area contributed by atoms with Crippen LogP contribution in [0.2, 0.25) is 0 Å². The summed E-state index contributed by atoms with van der Waals surface area (Å²) in [6, 6.07) is 4.36. The lowest BCUT2D eigenvalue weighted by molar-refractivity contribution is -0.128. The molecule has 1 fully saturated rings. The normalized spacial score (nSPS) is 15.2. The number of benzene rings is 1. The summed E-state index contributed by atoms with van der Waals surface area (Å²) in [4.78, 5) is 13.9. The molecule has 8 heteroatoms. The number of anilines is 2. The van der Waals surface area contributed by atoms with Crippen LogP contribution in [0.5, 0.6) is 0 Å². The molecule has 1 aromatic carbocycles. The van der Waals surface area contributed by atoms with Crippen molar-refractivity contribution in [3.05, 3.63) is 18.2 Å². The van der Waals surface area contributed by atoms with E-state index in [0.717, 1.165) is 25.9 Å². The molecule has 0 bridgehead atoms. The summed E-state index contributed by atoms with van der Waals surface area (Å²) in [5.41, 5.74) is 6.66. The summed E-state index contributed by atoms with van der Waals surface area (Å²) in [7, 11) is -2.19. The predicted molar refractivity (Wildman–Crippen MR) is 81.4 cm³/mol. The SMILES string of the molecule is CNS(=O)(=O)c1ccc(N)c(NCC(=O)N2CCCC2)c1. The van der Waals surface area contributed by atoms with Gasteiger partial charge >= 0.3 is 0 Å². The first-order chi connectivity index (χ1) is 9.94. The van der Waals surface area contributed by atoms with Crippen LogP contribution in [0.15, 0.2) is 23.1 Å². The summed E-state index contributed by atoms with van der Waals surface area (Å²) in [5, 5.41) is 2.92. The van der Waals surface area contributed by atoms with E-state index < -0.39 is 10.0 Å². The number of hydrogen-bond acceptors (Lipinski definition) is 5. The van der Waals surface area contributed by atoms with E-state index in [0.29, 0.717) is 11.4 Å². The molecule has 0 unspecified atom stereocenters. The Bertz CT molecular complexity index is 624. The minimum Gasteiger partial charge on any atom is -0.397 e. The quantitative estimate of drug-likeness (QED) is 0.674. The molecule has 1 saturated heterocycles. The van der Waals surface area contributed by atoms with Crippen molar-refractivity contribution in [1.82, 2.24) is 9.62 Å². The third-order valence-corrected chi connectivity index (χ3v) is 4.90. The highest BCUT2D eigenvalue weighted by molar-refractivity contribution is 7.89. The van der Waals surface area contributed by atoms with Gasteiger partial charge in [-0.05, 0) is 38.1 Å². The van der Waals surface area contributed by atoms with Crippen LogP contribution in [0.1, 0.15) is 12.8 Å². The van der Waals surface area contributed by atoms with Gasteiger partial charge in [-0.15, -0.1) is 0 Å². The molecule has 0 saturated carbocycles. The summed E-state index contributed by atoms with van der Waals surface area (Å²) < 4.78 is 25.8. The Morgan fingerprint density at radius 1 is 1.33 bits per heavy atom. The third-order valence-electron chi connectivity index (χ3n) is 3.49. The molecule has 1 heterocycles. The van der Waals surface area contributed by atoms with Gasteiger partial charge in [-0.3, -0.25) is 4.79 Å². The van der Waals surface area contributed by atoms with Gasteiger partial charge in [-0.1, -0.05) is 0 Å². The lowest BCUT2D eigenvalue weighted by Crippen LogP contribution is -2.33. The van der Waals surface area contributed by atoms with Crippen molar-refractivity contribution in [2.24, 2.45) is 0 Å². The van der Waals surface area contributed by atoms with Crippen molar-refractivity contribution in [1.29, 1.82) is 0 Å². The van der Waals surface area contributed by atoms with Crippen LogP contribution in [0.4, 0.5) is 11.4 Å². The number of amides is 1. The van der Waals surface area contributed by atoms with Gasteiger partial charge in [0.25, 0.3) is 0 Å². The van der Waals surface area contributed by atoms with Crippen LogP contribution in [0, 0.1) is 0 Å². The highest BCUT2D eigenvalue weighted by Gasteiger charge is 2.18. The van der Waals surface area contributed by atoms with Crippen LogP contribution in [-0.4, -0.2) is 45.9 Å². The highest BCUT2D eigenvalue weighted by Crippen LogP contribution is 2.22. The van der Waals surface area contributed by atoms with Crippen molar-refractivity contribution >= 4 is 27.3 Å². The first-order valence-corrected chi connectivity index (χ1v) is 8.27. The monoisotopic (exact) mass is 312 g/mol. The summed E-state index contributed by atoms with van der Waals surface area (Å²) in [6.07, 6.45) is 2.06. The van der Waals surface area contributed by atoms with Gasteiger partial charge in [0.15, 0.2) is 0 Å². The molecule has 21 heavy (non-hydrogen) atoms. The molecule has 1 aliphatic heterocycles. The minimum atomic E-state index is -3.53. The topological polar surface area (TPSA) is 105 Å². The van der Waals surface area contributed by atoms with Crippen molar-refractivity contribution < 1.29 is 13.2 Å². The zero-order valence-corrected chi connectivity index (χ0v) is 12.7. The molecule has 7 nitrogen and oxygen atoms in total. The standard InChI is InChI=1S/C13H20N4O3S/c1-15-21(19,20)10-4-5-11(14)12(8-10)16-9-13(18)17-6-2-3-7-17/h4-5,8,15-16H,2-3,6-7,9,14H2,1H3. The zero-order chi connectivity index (χ0) is 15.5. The molecule has 0 atom stereocenters. The van der Waals surface area contributed by atoms with E-state index in [9.17, 15) is 13.2 Å². The number of nitrogens with two attached hydrogens (primary N) is 1. The van der Waals surface area contributed by atoms with Crippen LogP contribution in [-0.2, 0) is 14.8 Å². The number of carbonyl (C=O) groups excluding carboxylic acids is 1. The van der Waals surface area contributed by atoms with Crippen LogP contribution in [0.3, 0.4) is 0 Å². The predicted octanol–water partition coefficient (Wildman–Crippen LogP) is 0.211. The molecular weight excluding hydrogens is 292 g/mol. The zero-order valence-electron chi connectivity index (χ0n) is 11.9. The lowest BCUT2D eigenvalue weighted by atomic mass is 10.2. The van der Waals surface area contributed by atoms with E-state index in [-0.39, 0.29) is 17.3 Å². The Morgan fingerprint density at radius 3 is 2.62 bits per heavy atom. The van der Waals surface area contributed by atoms with Gasteiger partial charge in [0.2, 0.25) is 15.9 Å². The fourth-order valence-corrected chi connectivity index (χ4v) is 2.98. The Hall–Kier alpha value is -1.80. The Kier molecular flexibility index (Phi) is 4.69. The van der Waals surface area contributed by atoms with Crippen molar-refractivity contribution in [2.75, 3.05) is 37.7 Å². The number of carbonyl (C=O) groups is 1. The molecule has 0 aromatic heterocycles. The van der Waals surface area contributed by atoms with Crippen molar-refractivity contribution in [3.8, 4) is 0 Å². The Labute approximate surface area is 124 Å². The van der Waals surface area contributed by atoms with Gasteiger partial charge in [-0.2, -0.15) is 0 Å². The van der Waals surface area contributed by atoms with E-state index >= 15 is 0 Å². The molecule has 1 aliphatic rings. The van der Waals surface area contributed by atoms with E-state index in [1.165, 1.54) is 25.2 Å². The number of nitrogen functional groups attached to an aromatic ring is 1. The Balaban J connectivity index is 2.09. The van der Waals surface area contributed by atoms with Crippen molar-refractivity contribution in [2.45, 2.75) is 17.7 Å². The molecule has 2 rings (SSSR count). The summed E-state index contributed by atoms with van der Waals surface area (Å²) >= 11 is 0. The van der Waals surface area contributed by atoms with Gasteiger partial charge in [0.1, 0.15) is 0 Å². The smallest absolute Gasteiger partial charge is 0.241 e. The molecule has 0 aliphatic carbocycles. The molecule has 116 valence electrons. The van der Waals surface area contributed by atoms with E-state index in [1.54, 1.807) is 4.90 Å². The van der Waals surface area contributed by atoms with Crippen molar-refractivity contribution in [3.63, 3.8) is 0 Å². The second-order valence-corrected chi connectivity index (χ2v) is 6.78. The van der Waals surface area contributed by atoms with E-state index in [4.69, 9.17) is 5.73 Å². The maximum atomic E-state index is 12.0. The largest absolute Gasteiger partial charge is 0.397 e. The maximum absolute atomic E-state index is 12.0. The number of nitrogens with zero attached hydrogens (tertiary/aromatic N) is 1. The molecule has 1 amide bonds. The second kappa shape index (κ2) is 6.31. The number of rotatable bonds is 5. The average molecular weight is 312 g/mol. The number of nitrogens with one attached hydrogen (secondary N) is 2. The van der Waals surface area contributed by atoms with E-state index in [2.05, 4.69) is 10.0 Å². The fraction of sp³-hybridized carbons (Fsp3) is 0.462. The van der Waals surface area contributed by atoms with Gasteiger partial charge < -0.3 is 16.0 Å². The number of hydrogen-bond donors (Lipinski definition) is 3. The van der Waals surface area contributed by atoms with Gasteiger partial charge in [0.05, 0.1) is 22.8 Å². The van der Waals surface area contributed by atoms with E-state index in [1.807, 2.05) is 0 Å². The van der Waals surface area contributed by atoms with Crippen LogP contribution in [0.25, 0.3) is 0 Å². The highest BCUT2D eigenvalue weighted by atomic mass is 32.2. The number of sulfonamides is 1. The fourth-order valence-electron chi connectivity index (χ4n) is 2.22. The third kappa shape index (κ3) is 3.64. The van der Waals surface area contributed by atoms with Gasteiger partial charge in [-0.25, -0.2) is 13.1 Å². The molecular formula is C13H20N4O3S.